The molecule has 0 fully saturated rings. The fourth-order valence-corrected chi connectivity index (χ4v) is 3.16. The van der Waals surface area contributed by atoms with Gasteiger partial charge in [-0.1, -0.05) is 58.9 Å². The third-order valence-corrected chi connectivity index (χ3v) is 4.84. The first kappa shape index (κ1) is 23.1. The average Bonchev–Trinajstić information content (AvgIpc) is 2.82. The zero-order valence-electron chi connectivity index (χ0n) is 17.6. The van der Waals surface area contributed by atoms with Crippen molar-refractivity contribution in [3.8, 4) is 17.2 Å². The fraction of sp³-hybridized carbons (Fsp3) is 0.120. The maximum absolute atomic E-state index is 12.6. The van der Waals surface area contributed by atoms with Crippen LogP contribution < -0.4 is 19.6 Å². The Labute approximate surface area is 195 Å². The van der Waals surface area contributed by atoms with Crippen LogP contribution in [0.5, 0.6) is 17.2 Å². The number of amides is 1. The summed E-state index contributed by atoms with van der Waals surface area (Å²) >= 11 is 3.37. The molecule has 0 saturated heterocycles. The zero-order chi connectivity index (χ0) is 22.8. The Bertz CT molecular complexity index is 1100. The van der Waals surface area contributed by atoms with E-state index in [2.05, 4.69) is 33.0 Å². The molecule has 7 heteroatoms. The molecule has 0 spiro atoms. The van der Waals surface area contributed by atoms with Crippen molar-refractivity contribution in [3.05, 3.63) is 101 Å². The Kier molecular flexibility index (Phi) is 8.45. The summed E-state index contributed by atoms with van der Waals surface area (Å²) in [6.07, 6.45) is 3.14. The van der Waals surface area contributed by atoms with Crippen LogP contribution in [0.15, 0.2) is 89.0 Å². The summed E-state index contributed by atoms with van der Waals surface area (Å²) in [5.41, 5.74) is 4.69. The molecule has 0 aromatic heterocycles. The number of rotatable bonds is 10. The molecule has 0 aliphatic carbocycles. The molecule has 0 radical (unpaired) electrons. The van der Waals surface area contributed by atoms with Crippen LogP contribution in [0.25, 0.3) is 0 Å². The summed E-state index contributed by atoms with van der Waals surface area (Å²) in [6.45, 7) is 4.35. The minimum atomic E-state index is -0.392. The Hall–Kier alpha value is -3.58. The third-order valence-electron chi connectivity index (χ3n) is 4.35. The largest absolute Gasteiger partial charge is 0.493 e. The van der Waals surface area contributed by atoms with Crippen molar-refractivity contribution in [1.82, 2.24) is 5.43 Å². The minimum absolute atomic E-state index is 0.295. The topological polar surface area (TPSA) is 69.2 Å². The molecule has 0 heterocycles. The SMILES string of the molecule is C=CCOc1ccc(Br)cc1C(=O)NN=Cc1ccc(OCc2ccccc2)c(OC)c1. The molecule has 3 aromatic rings. The lowest BCUT2D eigenvalue weighted by atomic mass is 10.2. The van der Waals surface area contributed by atoms with Crippen molar-refractivity contribution in [2.45, 2.75) is 6.61 Å². The maximum atomic E-state index is 12.6. The molecule has 6 nitrogen and oxygen atoms in total. The van der Waals surface area contributed by atoms with Crippen LogP contribution >= 0.6 is 15.9 Å². The van der Waals surface area contributed by atoms with E-state index in [9.17, 15) is 4.79 Å². The van der Waals surface area contributed by atoms with Gasteiger partial charge >= 0.3 is 0 Å². The van der Waals surface area contributed by atoms with Gasteiger partial charge in [-0.3, -0.25) is 4.79 Å². The average molecular weight is 495 g/mol. The summed E-state index contributed by atoms with van der Waals surface area (Å²) in [5, 5.41) is 4.06. The number of hydrogen-bond acceptors (Lipinski definition) is 5. The third kappa shape index (κ3) is 6.46. The lowest BCUT2D eigenvalue weighted by Gasteiger charge is -2.11. The van der Waals surface area contributed by atoms with Crippen LogP contribution in [-0.2, 0) is 6.61 Å². The highest BCUT2D eigenvalue weighted by Crippen LogP contribution is 2.28. The molecule has 3 rings (SSSR count). The summed E-state index contributed by atoms with van der Waals surface area (Å²) in [7, 11) is 1.57. The molecule has 1 amide bonds. The van der Waals surface area contributed by atoms with Crippen molar-refractivity contribution < 1.29 is 19.0 Å². The van der Waals surface area contributed by atoms with E-state index in [1.165, 1.54) is 6.21 Å². The van der Waals surface area contributed by atoms with Crippen molar-refractivity contribution in [3.63, 3.8) is 0 Å². The van der Waals surface area contributed by atoms with Crippen molar-refractivity contribution in [2.75, 3.05) is 13.7 Å². The van der Waals surface area contributed by atoms with Crippen LogP contribution in [-0.4, -0.2) is 25.8 Å². The van der Waals surface area contributed by atoms with Crippen molar-refractivity contribution in [1.29, 1.82) is 0 Å². The van der Waals surface area contributed by atoms with E-state index in [0.717, 1.165) is 15.6 Å². The van der Waals surface area contributed by atoms with E-state index in [0.29, 0.717) is 36.0 Å². The van der Waals surface area contributed by atoms with Crippen molar-refractivity contribution >= 4 is 28.1 Å². The van der Waals surface area contributed by atoms with Gasteiger partial charge in [0.15, 0.2) is 11.5 Å². The molecular weight excluding hydrogens is 472 g/mol. The van der Waals surface area contributed by atoms with Gasteiger partial charge in [0.05, 0.1) is 18.9 Å². The second kappa shape index (κ2) is 11.7. The smallest absolute Gasteiger partial charge is 0.275 e. The lowest BCUT2D eigenvalue weighted by molar-refractivity contribution is 0.0951. The second-order valence-corrected chi connectivity index (χ2v) is 7.54. The Morgan fingerprint density at radius 2 is 1.81 bits per heavy atom. The van der Waals surface area contributed by atoms with Gasteiger partial charge in [-0.25, -0.2) is 5.43 Å². The number of methoxy groups -OCH3 is 1. The van der Waals surface area contributed by atoms with E-state index in [1.807, 2.05) is 36.4 Å². The number of hydrazone groups is 1. The number of carbonyl (C=O) groups is 1. The van der Waals surface area contributed by atoms with Gasteiger partial charge in [-0.2, -0.15) is 5.10 Å². The molecule has 0 bridgehead atoms. The van der Waals surface area contributed by atoms with Gasteiger partial charge in [-0.15, -0.1) is 0 Å². The summed E-state index contributed by atoms with van der Waals surface area (Å²) in [6, 6.07) is 20.5. The number of nitrogens with zero attached hydrogens (tertiary/aromatic N) is 1. The van der Waals surface area contributed by atoms with Gasteiger partial charge in [0, 0.05) is 4.47 Å². The number of ether oxygens (including phenoxy) is 3. The number of benzene rings is 3. The maximum Gasteiger partial charge on any atom is 0.275 e. The summed E-state index contributed by atoms with van der Waals surface area (Å²) in [5.74, 6) is 1.25. The predicted molar refractivity (Wildman–Crippen MR) is 129 cm³/mol. The predicted octanol–water partition coefficient (Wildman–Crippen LogP) is 5.37. The first-order valence-corrected chi connectivity index (χ1v) is 10.6. The van der Waals surface area contributed by atoms with Crippen LogP contribution in [0.2, 0.25) is 0 Å². The molecule has 164 valence electrons. The fourth-order valence-electron chi connectivity index (χ4n) is 2.80. The molecular formula is C25H23BrN2O4. The Morgan fingerprint density at radius 1 is 1.03 bits per heavy atom. The van der Waals surface area contributed by atoms with E-state index in [1.54, 1.807) is 43.5 Å². The first-order valence-electron chi connectivity index (χ1n) is 9.82. The normalized spacial score (nSPS) is 10.6. The van der Waals surface area contributed by atoms with Gasteiger partial charge in [0.25, 0.3) is 5.91 Å². The Balaban J connectivity index is 1.65. The number of carbonyl (C=O) groups excluding carboxylic acids is 1. The Morgan fingerprint density at radius 3 is 2.56 bits per heavy atom. The van der Waals surface area contributed by atoms with Gasteiger partial charge < -0.3 is 14.2 Å². The standard InChI is InChI=1S/C25H23BrN2O4/c1-3-13-31-22-12-10-20(26)15-21(22)25(29)28-27-16-19-9-11-23(24(14-19)30-2)32-17-18-7-5-4-6-8-18/h3-12,14-16H,1,13,17H2,2H3,(H,28,29). The first-order chi connectivity index (χ1) is 15.6. The van der Waals surface area contributed by atoms with E-state index in [4.69, 9.17) is 14.2 Å². The molecule has 0 aliphatic heterocycles. The summed E-state index contributed by atoms with van der Waals surface area (Å²) in [4.78, 5) is 12.6. The second-order valence-electron chi connectivity index (χ2n) is 6.62. The van der Waals surface area contributed by atoms with Crippen LogP contribution in [0, 0.1) is 0 Å². The van der Waals surface area contributed by atoms with E-state index < -0.39 is 5.91 Å². The number of hydrogen-bond donors (Lipinski definition) is 1. The van der Waals surface area contributed by atoms with Gasteiger partial charge in [0.2, 0.25) is 0 Å². The highest BCUT2D eigenvalue weighted by Gasteiger charge is 2.13. The van der Waals surface area contributed by atoms with Gasteiger partial charge in [-0.05, 0) is 47.5 Å². The van der Waals surface area contributed by atoms with Crippen LogP contribution in [0.4, 0.5) is 0 Å². The molecule has 1 N–H and O–H groups in total. The molecule has 0 aliphatic rings. The highest BCUT2D eigenvalue weighted by molar-refractivity contribution is 9.10. The molecule has 0 atom stereocenters. The molecule has 0 saturated carbocycles. The van der Waals surface area contributed by atoms with E-state index in [-0.39, 0.29) is 0 Å². The van der Waals surface area contributed by atoms with Crippen molar-refractivity contribution in [2.24, 2.45) is 5.10 Å². The quantitative estimate of drug-likeness (QED) is 0.234. The number of halogens is 1. The van der Waals surface area contributed by atoms with E-state index >= 15 is 0 Å². The highest BCUT2D eigenvalue weighted by atomic mass is 79.9. The monoisotopic (exact) mass is 494 g/mol. The zero-order valence-corrected chi connectivity index (χ0v) is 19.2. The molecule has 3 aromatic carbocycles. The van der Waals surface area contributed by atoms with Crippen LogP contribution in [0.3, 0.4) is 0 Å². The number of nitrogens with one attached hydrogen (secondary N) is 1. The minimum Gasteiger partial charge on any atom is -0.493 e. The summed E-state index contributed by atoms with van der Waals surface area (Å²) < 4.78 is 17.6. The molecule has 0 unspecified atom stereocenters. The van der Waals surface area contributed by atoms with Gasteiger partial charge in [0.1, 0.15) is 19.0 Å². The molecule has 32 heavy (non-hydrogen) atoms. The lowest BCUT2D eigenvalue weighted by Crippen LogP contribution is -2.19. The van der Waals surface area contributed by atoms with Crippen LogP contribution in [0.1, 0.15) is 21.5 Å².